The molecular weight excluding hydrogens is 220 g/mol. The number of ether oxygens (including phenoxy) is 1. The second-order valence-corrected chi connectivity index (χ2v) is 5.15. The quantitative estimate of drug-likeness (QED) is 0.855. The van der Waals surface area contributed by atoms with Crippen LogP contribution in [-0.4, -0.2) is 30.8 Å². The highest BCUT2D eigenvalue weighted by atomic mass is 32.1. The Labute approximate surface area is 101 Å². The average Bonchev–Trinajstić information content (AvgIpc) is 2.78. The molecule has 3 nitrogen and oxygen atoms in total. The lowest BCUT2D eigenvalue weighted by Crippen LogP contribution is -2.37. The predicted octanol–water partition coefficient (Wildman–Crippen LogP) is 2.02. The summed E-state index contributed by atoms with van der Waals surface area (Å²) in [6.45, 7) is 4.97. The Morgan fingerprint density at radius 3 is 3.25 bits per heavy atom. The standard InChI is InChI=1S/C12H20N2OS/c1-2-12-14-11(9-16-12)5-6-13-10-4-3-7-15-8-10/h9-10,13H,2-8H2,1H3/t10-/m1/s1. The summed E-state index contributed by atoms with van der Waals surface area (Å²) >= 11 is 1.77. The zero-order valence-electron chi connectivity index (χ0n) is 9.87. The Morgan fingerprint density at radius 1 is 1.62 bits per heavy atom. The van der Waals surface area contributed by atoms with E-state index in [1.807, 2.05) is 0 Å². The lowest BCUT2D eigenvalue weighted by molar-refractivity contribution is 0.0707. The molecule has 1 fully saturated rings. The minimum atomic E-state index is 0.554. The van der Waals surface area contributed by atoms with Gasteiger partial charge in [-0.15, -0.1) is 11.3 Å². The van der Waals surface area contributed by atoms with Crippen LogP contribution < -0.4 is 5.32 Å². The molecule has 1 saturated heterocycles. The van der Waals surface area contributed by atoms with Crippen molar-refractivity contribution in [1.82, 2.24) is 10.3 Å². The summed E-state index contributed by atoms with van der Waals surface area (Å²) in [5.74, 6) is 0. The van der Waals surface area contributed by atoms with E-state index in [0.29, 0.717) is 6.04 Å². The SMILES string of the molecule is CCc1nc(CCN[C@@H]2CCCOC2)cs1. The fraction of sp³-hybridized carbons (Fsp3) is 0.750. The molecule has 0 radical (unpaired) electrons. The summed E-state index contributed by atoms with van der Waals surface area (Å²) in [7, 11) is 0. The lowest BCUT2D eigenvalue weighted by atomic mass is 10.1. The third-order valence-electron chi connectivity index (χ3n) is 2.88. The van der Waals surface area contributed by atoms with Gasteiger partial charge in [-0.3, -0.25) is 0 Å². The smallest absolute Gasteiger partial charge is 0.0925 e. The minimum absolute atomic E-state index is 0.554. The number of hydrogen-bond donors (Lipinski definition) is 1. The van der Waals surface area contributed by atoms with Crippen molar-refractivity contribution in [3.8, 4) is 0 Å². The molecule has 1 N–H and O–H groups in total. The molecule has 1 aliphatic heterocycles. The zero-order valence-corrected chi connectivity index (χ0v) is 10.7. The van der Waals surface area contributed by atoms with E-state index in [0.717, 1.165) is 32.6 Å². The van der Waals surface area contributed by atoms with Gasteiger partial charge in [-0.1, -0.05) is 6.92 Å². The molecular formula is C12H20N2OS. The zero-order chi connectivity index (χ0) is 11.2. The third-order valence-corrected chi connectivity index (χ3v) is 3.92. The highest BCUT2D eigenvalue weighted by Gasteiger charge is 2.12. The molecule has 90 valence electrons. The first-order valence-corrected chi connectivity index (χ1v) is 7.01. The monoisotopic (exact) mass is 240 g/mol. The van der Waals surface area contributed by atoms with Crippen molar-refractivity contribution < 1.29 is 4.74 Å². The molecule has 1 aromatic rings. The number of hydrogen-bond acceptors (Lipinski definition) is 4. The van der Waals surface area contributed by atoms with Gasteiger partial charge in [0.15, 0.2) is 0 Å². The maximum Gasteiger partial charge on any atom is 0.0925 e. The van der Waals surface area contributed by atoms with Crippen LogP contribution in [0.3, 0.4) is 0 Å². The second-order valence-electron chi connectivity index (χ2n) is 4.20. The Hall–Kier alpha value is -0.450. The van der Waals surface area contributed by atoms with Crippen molar-refractivity contribution >= 4 is 11.3 Å². The molecule has 0 unspecified atom stereocenters. The van der Waals surface area contributed by atoms with Crippen molar-refractivity contribution in [3.63, 3.8) is 0 Å². The average molecular weight is 240 g/mol. The Morgan fingerprint density at radius 2 is 2.56 bits per heavy atom. The van der Waals surface area contributed by atoms with Gasteiger partial charge in [0.05, 0.1) is 17.3 Å². The van der Waals surface area contributed by atoms with E-state index < -0.39 is 0 Å². The largest absolute Gasteiger partial charge is 0.380 e. The van der Waals surface area contributed by atoms with E-state index in [1.54, 1.807) is 11.3 Å². The number of nitrogens with zero attached hydrogens (tertiary/aromatic N) is 1. The molecule has 0 aliphatic carbocycles. The fourth-order valence-corrected chi connectivity index (χ4v) is 2.71. The number of nitrogens with one attached hydrogen (secondary N) is 1. The van der Waals surface area contributed by atoms with Crippen LogP contribution in [0.4, 0.5) is 0 Å². The molecule has 16 heavy (non-hydrogen) atoms. The van der Waals surface area contributed by atoms with Gasteiger partial charge in [-0.2, -0.15) is 0 Å². The van der Waals surface area contributed by atoms with Crippen LogP contribution in [0.5, 0.6) is 0 Å². The molecule has 0 aromatic carbocycles. The van der Waals surface area contributed by atoms with Gasteiger partial charge >= 0.3 is 0 Å². The first-order chi connectivity index (χ1) is 7.88. The highest BCUT2D eigenvalue weighted by Crippen LogP contribution is 2.11. The summed E-state index contributed by atoms with van der Waals surface area (Å²) < 4.78 is 5.43. The number of rotatable bonds is 5. The molecule has 0 saturated carbocycles. The number of thiazole rings is 1. The van der Waals surface area contributed by atoms with E-state index in [2.05, 4.69) is 22.6 Å². The predicted molar refractivity (Wildman–Crippen MR) is 67.0 cm³/mol. The minimum Gasteiger partial charge on any atom is -0.380 e. The third kappa shape index (κ3) is 3.54. The second kappa shape index (κ2) is 6.33. The van der Waals surface area contributed by atoms with E-state index in [1.165, 1.54) is 23.5 Å². The van der Waals surface area contributed by atoms with Gasteiger partial charge in [0.25, 0.3) is 0 Å². The first kappa shape index (κ1) is 12.0. The summed E-state index contributed by atoms with van der Waals surface area (Å²) in [4.78, 5) is 4.56. The van der Waals surface area contributed by atoms with E-state index in [9.17, 15) is 0 Å². The van der Waals surface area contributed by atoms with Crippen molar-refractivity contribution in [1.29, 1.82) is 0 Å². The molecule has 0 bridgehead atoms. The molecule has 1 aromatic heterocycles. The highest BCUT2D eigenvalue weighted by molar-refractivity contribution is 7.09. The van der Waals surface area contributed by atoms with E-state index in [4.69, 9.17) is 4.74 Å². The van der Waals surface area contributed by atoms with Crippen molar-refractivity contribution in [2.75, 3.05) is 19.8 Å². The summed E-state index contributed by atoms with van der Waals surface area (Å²) in [6.07, 6.45) is 4.52. The van der Waals surface area contributed by atoms with E-state index >= 15 is 0 Å². The van der Waals surface area contributed by atoms with Crippen LogP contribution in [0.15, 0.2) is 5.38 Å². The van der Waals surface area contributed by atoms with Crippen molar-refractivity contribution in [2.45, 2.75) is 38.6 Å². The van der Waals surface area contributed by atoms with Crippen LogP contribution in [0, 0.1) is 0 Å². The van der Waals surface area contributed by atoms with Gasteiger partial charge in [0.2, 0.25) is 0 Å². The van der Waals surface area contributed by atoms with Gasteiger partial charge in [-0.05, 0) is 19.3 Å². The molecule has 0 amide bonds. The van der Waals surface area contributed by atoms with E-state index in [-0.39, 0.29) is 0 Å². The molecule has 1 aliphatic rings. The van der Waals surface area contributed by atoms with Gasteiger partial charge in [0.1, 0.15) is 0 Å². The normalized spacial score (nSPS) is 21.2. The Balaban J connectivity index is 1.66. The molecule has 2 rings (SSSR count). The summed E-state index contributed by atoms with van der Waals surface area (Å²) in [5, 5.41) is 6.96. The number of aryl methyl sites for hydroxylation is 1. The van der Waals surface area contributed by atoms with Crippen LogP contribution >= 0.6 is 11.3 Å². The topological polar surface area (TPSA) is 34.2 Å². The molecule has 2 heterocycles. The van der Waals surface area contributed by atoms with Crippen molar-refractivity contribution in [3.05, 3.63) is 16.1 Å². The molecule has 4 heteroatoms. The maximum absolute atomic E-state index is 5.43. The van der Waals surface area contributed by atoms with Crippen LogP contribution in [-0.2, 0) is 17.6 Å². The summed E-state index contributed by atoms with van der Waals surface area (Å²) in [6, 6.07) is 0.554. The van der Waals surface area contributed by atoms with Crippen LogP contribution in [0.2, 0.25) is 0 Å². The lowest BCUT2D eigenvalue weighted by Gasteiger charge is -2.22. The van der Waals surface area contributed by atoms with Crippen LogP contribution in [0.25, 0.3) is 0 Å². The first-order valence-electron chi connectivity index (χ1n) is 6.13. The summed E-state index contributed by atoms with van der Waals surface area (Å²) in [5.41, 5.74) is 1.23. The molecule has 0 spiro atoms. The molecule has 1 atom stereocenters. The van der Waals surface area contributed by atoms with Crippen molar-refractivity contribution in [2.24, 2.45) is 0 Å². The Bertz CT molecular complexity index is 308. The van der Waals surface area contributed by atoms with Gasteiger partial charge < -0.3 is 10.1 Å². The van der Waals surface area contributed by atoms with Crippen LogP contribution in [0.1, 0.15) is 30.5 Å². The number of aromatic nitrogens is 1. The van der Waals surface area contributed by atoms with Gasteiger partial charge in [-0.25, -0.2) is 4.98 Å². The Kier molecular flexibility index (Phi) is 4.75. The van der Waals surface area contributed by atoms with Gasteiger partial charge in [0, 0.05) is 31.0 Å². The fourth-order valence-electron chi connectivity index (χ4n) is 1.93. The maximum atomic E-state index is 5.43.